The van der Waals surface area contributed by atoms with Crippen molar-refractivity contribution in [2.45, 2.75) is 39.3 Å². The van der Waals surface area contributed by atoms with E-state index in [0.717, 1.165) is 36.3 Å². The van der Waals surface area contributed by atoms with Crippen LogP contribution in [-0.4, -0.2) is 49.3 Å². The van der Waals surface area contributed by atoms with E-state index in [2.05, 4.69) is 60.3 Å². The largest absolute Gasteiger partial charge is 0.378 e. The third kappa shape index (κ3) is 5.02. The minimum atomic E-state index is -0.143. The van der Waals surface area contributed by atoms with Gasteiger partial charge in [-0.25, -0.2) is 0 Å². The van der Waals surface area contributed by atoms with Crippen LogP contribution in [0.15, 0.2) is 53.1 Å². The van der Waals surface area contributed by atoms with E-state index < -0.39 is 0 Å². The van der Waals surface area contributed by atoms with E-state index in [1.54, 1.807) is 6.07 Å². The van der Waals surface area contributed by atoms with Crippen molar-refractivity contribution in [3.8, 4) is 11.3 Å². The Hall–Kier alpha value is -3.12. The molecule has 1 amide bonds. The number of hydrogen-bond acceptors (Lipinski definition) is 5. The van der Waals surface area contributed by atoms with Gasteiger partial charge in [-0.2, -0.15) is 0 Å². The Morgan fingerprint density at radius 1 is 1.06 bits per heavy atom. The van der Waals surface area contributed by atoms with Gasteiger partial charge in [0, 0.05) is 51.1 Å². The molecule has 4 rings (SSSR count). The smallest absolute Gasteiger partial charge is 0.276 e. The molecule has 0 aliphatic carbocycles. The summed E-state index contributed by atoms with van der Waals surface area (Å²) in [6, 6.07) is 16.1. The van der Waals surface area contributed by atoms with Gasteiger partial charge in [-0.15, -0.1) is 0 Å². The minimum Gasteiger partial charge on any atom is -0.378 e. The highest BCUT2D eigenvalue weighted by molar-refractivity contribution is 5.93. The Labute approximate surface area is 189 Å². The standard InChI is InChI=1S/C26H31N3O3/c1-18-7-10-21(14-19(18)2)25-15-24(27-32-25)26(30)29(17-23-6-5-13-31-23)16-20-8-11-22(12-9-20)28(3)4/h7-12,14-15,23H,5-6,13,16-17H2,1-4H3/t23-/m1/s1. The highest BCUT2D eigenvalue weighted by atomic mass is 16.5. The Morgan fingerprint density at radius 3 is 2.50 bits per heavy atom. The topological polar surface area (TPSA) is 58.8 Å². The summed E-state index contributed by atoms with van der Waals surface area (Å²) in [7, 11) is 4.03. The first-order valence-corrected chi connectivity index (χ1v) is 11.1. The van der Waals surface area contributed by atoms with E-state index >= 15 is 0 Å². The summed E-state index contributed by atoms with van der Waals surface area (Å²) >= 11 is 0. The lowest BCUT2D eigenvalue weighted by molar-refractivity contribution is 0.0499. The van der Waals surface area contributed by atoms with Crippen LogP contribution in [-0.2, 0) is 11.3 Å². The highest BCUT2D eigenvalue weighted by Gasteiger charge is 2.26. The van der Waals surface area contributed by atoms with Gasteiger partial charge in [0.15, 0.2) is 11.5 Å². The second kappa shape index (κ2) is 9.57. The van der Waals surface area contributed by atoms with Gasteiger partial charge in [-0.1, -0.05) is 29.4 Å². The molecule has 6 nitrogen and oxygen atoms in total. The molecule has 0 bridgehead atoms. The van der Waals surface area contributed by atoms with Crippen LogP contribution >= 0.6 is 0 Å². The Bertz CT molecular complexity index is 1070. The van der Waals surface area contributed by atoms with Crippen LogP contribution in [0.25, 0.3) is 11.3 Å². The van der Waals surface area contributed by atoms with E-state index in [1.165, 1.54) is 11.1 Å². The third-order valence-corrected chi connectivity index (χ3v) is 6.08. The molecule has 2 heterocycles. The summed E-state index contributed by atoms with van der Waals surface area (Å²) in [5.74, 6) is 0.458. The molecule has 0 spiro atoms. The van der Waals surface area contributed by atoms with Crippen molar-refractivity contribution < 1.29 is 14.1 Å². The number of amides is 1. The van der Waals surface area contributed by atoms with Gasteiger partial charge in [0.2, 0.25) is 0 Å². The van der Waals surface area contributed by atoms with Gasteiger partial charge >= 0.3 is 0 Å². The molecule has 0 saturated carbocycles. The molecule has 1 aliphatic rings. The van der Waals surface area contributed by atoms with Crippen molar-refractivity contribution in [2.75, 3.05) is 32.1 Å². The molecule has 1 fully saturated rings. The second-order valence-corrected chi connectivity index (χ2v) is 8.76. The summed E-state index contributed by atoms with van der Waals surface area (Å²) in [4.78, 5) is 17.3. The molecular weight excluding hydrogens is 402 g/mol. The van der Waals surface area contributed by atoms with Gasteiger partial charge in [-0.05, 0) is 61.6 Å². The van der Waals surface area contributed by atoms with Crippen LogP contribution < -0.4 is 4.90 Å². The number of carbonyl (C=O) groups is 1. The number of benzene rings is 2. The minimum absolute atomic E-state index is 0.0612. The summed E-state index contributed by atoms with van der Waals surface area (Å²) in [5, 5.41) is 4.11. The van der Waals surface area contributed by atoms with E-state index in [9.17, 15) is 4.79 Å². The lowest BCUT2D eigenvalue weighted by Crippen LogP contribution is -2.37. The molecule has 6 heteroatoms. The molecule has 3 aromatic rings. The maximum absolute atomic E-state index is 13.4. The van der Waals surface area contributed by atoms with Gasteiger partial charge in [-0.3, -0.25) is 4.79 Å². The fraction of sp³-hybridized carbons (Fsp3) is 0.385. The van der Waals surface area contributed by atoms with E-state index in [0.29, 0.717) is 24.5 Å². The summed E-state index contributed by atoms with van der Waals surface area (Å²) in [6.07, 6.45) is 2.06. The number of aryl methyl sites for hydroxylation is 2. The molecule has 1 atom stereocenters. The number of rotatable bonds is 7. The fourth-order valence-electron chi connectivity index (χ4n) is 3.94. The van der Waals surface area contributed by atoms with Crippen molar-refractivity contribution in [2.24, 2.45) is 0 Å². The summed E-state index contributed by atoms with van der Waals surface area (Å²) in [5.41, 5.74) is 5.83. The fourth-order valence-corrected chi connectivity index (χ4v) is 3.94. The molecule has 1 aliphatic heterocycles. The van der Waals surface area contributed by atoms with Crippen LogP contribution in [0.4, 0.5) is 5.69 Å². The van der Waals surface area contributed by atoms with Gasteiger partial charge in [0.05, 0.1) is 6.10 Å². The van der Waals surface area contributed by atoms with Crippen molar-refractivity contribution in [3.05, 3.63) is 70.9 Å². The summed E-state index contributed by atoms with van der Waals surface area (Å²) < 4.78 is 11.4. The molecule has 2 aromatic carbocycles. The molecule has 1 saturated heterocycles. The first-order valence-electron chi connectivity index (χ1n) is 11.1. The highest BCUT2D eigenvalue weighted by Crippen LogP contribution is 2.25. The first kappa shape index (κ1) is 22.1. The predicted octanol–water partition coefficient (Wildman–Crippen LogP) is 4.85. The number of ether oxygens (including phenoxy) is 1. The zero-order chi connectivity index (χ0) is 22.7. The second-order valence-electron chi connectivity index (χ2n) is 8.76. The molecular formula is C26H31N3O3. The first-order chi connectivity index (χ1) is 15.4. The van der Waals surface area contributed by atoms with Crippen molar-refractivity contribution in [1.29, 1.82) is 0 Å². The number of anilines is 1. The lowest BCUT2D eigenvalue weighted by atomic mass is 10.0. The van der Waals surface area contributed by atoms with Gasteiger partial charge < -0.3 is 19.1 Å². The number of nitrogens with zero attached hydrogens (tertiary/aromatic N) is 3. The maximum atomic E-state index is 13.4. The molecule has 0 unspecified atom stereocenters. The Morgan fingerprint density at radius 2 is 1.84 bits per heavy atom. The molecule has 1 aromatic heterocycles. The zero-order valence-corrected chi connectivity index (χ0v) is 19.3. The van der Waals surface area contributed by atoms with Crippen LogP contribution in [0.5, 0.6) is 0 Å². The van der Waals surface area contributed by atoms with E-state index in [4.69, 9.17) is 9.26 Å². The van der Waals surface area contributed by atoms with Crippen LogP contribution in [0.2, 0.25) is 0 Å². The van der Waals surface area contributed by atoms with Crippen LogP contribution in [0, 0.1) is 13.8 Å². The Balaban J connectivity index is 1.55. The zero-order valence-electron chi connectivity index (χ0n) is 19.3. The lowest BCUT2D eigenvalue weighted by Gasteiger charge is -2.25. The van der Waals surface area contributed by atoms with Crippen molar-refractivity contribution in [1.82, 2.24) is 10.1 Å². The molecule has 0 radical (unpaired) electrons. The monoisotopic (exact) mass is 433 g/mol. The van der Waals surface area contributed by atoms with E-state index in [-0.39, 0.29) is 12.0 Å². The van der Waals surface area contributed by atoms with Gasteiger partial charge in [0.1, 0.15) is 0 Å². The number of hydrogen-bond donors (Lipinski definition) is 0. The third-order valence-electron chi connectivity index (χ3n) is 6.08. The average Bonchev–Trinajstić information content (AvgIpc) is 3.47. The van der Waals surface area contributed by atoms with Crippen molar-refractivity contribution in [3.63, 3.8) is 0 Å². The van der Waals surface area contributed by atoms with Gasteiger partial charge in [0.25, 0.3) is 5.91 Å². The molecule has 168 valence electrons. The maximum Gasteiger partial charge on any atom is 0.276 e. The number of aromatic nitrogens is 1. The summed E-state index contributed by atoms with van der Waals surface area (Å²) in [6.45, 7) is 5.93. The quantitative estimate of drug-likeness (QED) is 0.533. The Kier molecular flexibility index (Phi) is 6.61. The number of carbonyl (C=O) groups excluding carboxylic acids is 1. The van der Waals surface area contributed by atoms with Crippen LogP contribution in [0.1, 0.15) is 40.0 Å². The predicted molar refractivity (Wildman–Crippen MR) is 126 cm³/mol. The van der Waals surface area contributed by atoms with Crippen molar-refractivity contribution >= 4 is 11.6 Å². The average molecular weight is 434 g/mol. The normalized spacial score (nSPS) is 15.7. The SMILES string of the molecule is Cc1ccc(-c2cc(C(=O)N(Cc3ccc(N(C)C)cc3)C[C@H]3CCCO3)no2)cc1C. The molecule has 0 N–H and O–H groups in total. The van der Waals surface area contributed by atoms with Crippen LogP contribution in [0.3, 0.4) is 0 Å². The van der Waals surface area contributed by atoms with E-state index in [1.807, 2.05) is 25.1 Å². The molecule has 32 heavy (non-hydrogen) atoms.